The highest BCUT2D eigenvalue weighted by Gasteiger charge is 2.07. The average molecular weight is 277 g/mol. The van der Waals surface area contributed by atoms with E-state index in [9.17, 15) is 0 Å². The van der Waals surface area contributed by atoms with Crippen molar-refractivity contribution in [3.63, 3.8) is 0 Å². The van der Waals surface area contributed by atoms with Gasteiger partial charge in [-0.1, -0.05) is 18.2 Å². The highest BCUT2D eigenvalue weighted by molar-refractivity contribution is 5.74. The van der Waals surface area contributed by atoms with Crippen LogP contribution in [0.4, 0.5) is 5.69 Å². The molecule has 0 saturated heterocycles. The van der Waals surface area contributed by atoms with Crippen molar-refractivity contribution >= 4 is 16.7 Å². The predicted molar refractivity (Wildman–Crippen MR) is 84.4 cm³/mol. The number of allylic oxidation sites excluding steroid dienone is 1. The summed E-state index contributed by atoms with van der Waals surface area (Å²) in [7, 11) is 0. The molecule has 0 radical (unpaired) electrons. The third-order valence-electron chi connectivity index (χ3n) is 3.09. The monoisotopic (exact) mass is 277 g/mol. The first-order valence-corrected chi connectivity index (χ1v) is 6.65. The number of hydrogen-bond donors (Lipinski definition) is 1. The summed E-state index contributed by atoms with van der Waals surface area (Å²) in [5, 5.41) is 0. The Balaban J connectivity index is 1.96. The second-order valence-corrected chi connectivity index (χ2v) is 4.66. The Hall–Kier alpha value is -2.88. The highest BCUT2D eigenvalue weighted by atomic mass is 16.5. The lowest BCUT2D eigenvalue weighted by atomic mass is 10.1. The van der Waals surface area contributed by atoms with E-state index < -0.39 is 0 Å². The molecule has 4 nitrogen and oxygen atoms in total. The van der Waals surface area contributed by atoms with Gasteiger partial charge >= 0.3 is 0 Å². The molecular weight excluding hydrogens is 262 g/mol. The smallest absolute Gasteiger partial charge is 0.238 e. The molecule has 104 valence electrons. The van der Waals surface area contributed by atoms with Crippen molar-refractivity contribution in [2.75, 3.05) is 5.73 Å². The molecule has 3 aromatic rings. The zero-order valence-electron chi connectivity index (χ0n) is 11.5. The van der Waals surface area contributed by atoms with Gasteiger partial charge in [0.1, 0.15) is 5.75 Å². The summed E-state index contributed by atoms with van der Waals surface area (Å²) < 4.78 is 5.85. The normalized spacial score (nSPS) is 10.5. The van der Waals surface area contributed by atoms with Gasteiger partial charge in [-0.15, -0.1) is 6.58 Å². The number of nitrogen functional groups attached to an aromatic ring is 1. The van der Waals surface area contributed by atoms with Crippen LogP contribution < -0.4 is 10.5 Å². The van der Waals surface area contributed by atoms with Crippen molar-refractivity contribution in [3.8, 4) is 11.6 Å². The number of fused-ring (bicyclic) bond motifs is 1. The molecule has 0 aliphatic rings. The van der Waals surface area contributed by atoms with Crippen LogP contribution in [0.3, 0.4) is 0 Å². The van der Waals surface area contributed by atoms with Gasteiger partial charge in [0, 0.05) is 11.3 Å². The van der Waals surface area contributed by atoms with Crippen molar-refractivity contribution in [1.82, 2.24) is 9.97 Å². The zero-order valence-corrected chi connectivity index (χ0v) is 11.5. The highest BCUT2D eigenvalue weighted by Crippen LogP contribution is 2.27. The molecular formula is C17H15N3O. The molecule has 0 bridgehead atoms. The standard InChI is InChI=1S/C17H15N3O/c1-2-5-12-10-13(18)8-9-16(12)21-17-11-19-14-6-3-4-7-15(14)20-17/h2-4,6-11H,1,5,18H2. The van der Waals surface area contributed by atoms with E-state index in [0.717, 1.165) is 16.6 Å². The average Bonchev–Trinajstić information content (AvgIpc) is 2.50. The fraction of sp³-hybridized carbons (Fsp3) is 0.0588. The van der Waals surface area contributed by atoms with Crippen LogP contribution in [0.2, 0.25) is 0 Å². The molecule has 0 saturated carbocycles. The second-order valence-electron chi connectivity index (χ2n) is 4.66. The van der Waals surface area contributed by atoms with Crippen molar-refractivity contribution in [3.05, 3.63) is 66.9 Å². The number of rotatable bonds is 4. The summed E-state index contributed by atoms with van der Waals surface area (Å²) >= 11 is 0. The van der Waals surface area contributed by atoms with Crippen LogP contribution in [0.15, 0.2) is 61.3 Å². The molecule has 0 unspecified atom stereocenters. The number of anilines is 1. The van der Waals surface area contributed by atoms with E-state index in [4.69, 9.17) is 10.5 Å². The molecule has 2 aromatic carbocycles. The maximum absolute atomic E-state index is 5.85. The van der Waals surface area contributed by atoms with E-state index in [0.29, 0.717) is 23.7 Å². The molecule has 21 heavy (non-hydrogen) atoms. The lowest BCUT2D eigenvalue weighted by Gasteiger charge is -2.10. The predicted octanol–water partition coefficient (Wildman–Crippen LogP) is 3.73. The summed E-state index contributed by atoms with van der Waals surface area (Å²) in [6, 6.07) is 13.2. The van der Waals surface area contributed by atoms with Crippen LogP contribution >= 0.6 is 0 Å². The van der Waals surface area contributed by atoms with Crippen LogP contribution in [0.1, 0.15) is 5.56 Å². The molecule has 0 aliphatic heterocycles. The number of para-hydroxylation sites is 2. The minimum Gasteiger partial charge on any atom is -0.437 e. The first-order valence-electron chi connectivity index (χ1n) is 6.65. The lowest BCUT2D eigenvalue weighted by molar-refractivity contribution is 0.458. The number of benzene rings is 2. The van der Waals surface area contributed by atoms with Gasteiger partial charge in [0.25, 0.3) is 0 Å². The Morgan fingerprint density at radius 2 is 1.95 bits per heavy atom. The van der Waals surface area contributed by atoms with Crippen LogP contribution in [0, 0.1) is 0 Å². The molecule has 0 spiro atoms. The largest absolute Gasteiger partial charge is 0.437 e. The molecule has 1 aromatic heterocycles. The molecule has 1 heterocycles. The summed E-state index contributed by atoms with van der Waals surface area (Å²) in [6.07, 6.45) is 4.12. The third-order valence-corrected chi connectivity index (χ3v) is 3.09. The van der Waals surface area contributed by atoms with Crippen LogP contribution in [-0.2, 0) is 6.42 Å². The van der Waals surface area contributed by atoms with Crippen molar-refractivity contribution in [2.45, 2.75) is 6.42 Å². The fourth-order valence-electron chi connectivity index (χ4n) is 2.12. The Bertz CT molecular complexity index is 799. The lowest BCUT2D eigenvalue weighted by Crippen LogP contribution is -1.96. The Labute approximate surface area is 122 Å². The fourth-order valence-corrected chi connectivity index (χ4v) is 2.12. The van der Waals surface area contributed by atoms with Gasteiger partial charge in [0.2, 0.25) is 5.88 Å². The summed E-state index contributed by atoms with van der Waals surface area (Å²) in [6.45, 7) is 3.75. The SMILES string of the molecule is C=CCc1cc(N)ccc1Oc1cnc2ccccc2n1. The van der Waals surface area contributed by atoms with Gasteiger partial charge in [-0.2, -0.15) is 0 Å². The third kappa shape index (κ3) is 2.84. The second kappa shape index (κ2) is 5.63. The van der Waals surface area contributed by atoms with E-state index in [-0.39, 0.29) is 0 Å². The van der Waals surface area contributed by atoms with Gasteiger partial charge in [0.05, 0.1) is 17.2 Å². The van der Waals surface area contributed by atoms with Crippen LogP contribution in [0.25, 0.3) is 11.0 Å². The van der Waals surface area contributed by atoms with Crippen molar-refractivity contribution in [1.29, 1.82) is 0 Å². The van der Waals surface area contributed by atoms with Gasteiger partial charge in [0.15, 0.2) is 0 Å². The zero-order chi connectivity index (χ0) is 14.7. The van der Waals surface area contributed by atoms with Gasteiger partial charge in [-0.05, 0) is 36.8 Å². The van der Waals surface area contributed by atoms with E-state index >= 15 is 0 Å². The number of hydrogen-bond acceptors (Lipinski definition) is 4. The van der Waals surface area contributed by atoms with Crippen molar-refractivity contribution < 1.29 is 4.74 Å². The summed E-state index contributed by atoms with van der Waals surface area (Å²) in [4.78, 5) is 8.79. The van der Waals surface area contributed by atoms with Gasteiger partial charge in [-0.3, -0.25) is 0 Å². The molecule has 0 amide bonds. The molecule has 0 fully saturated rings. The van der Waals surface area contributed by atoms with Gasteiger partial charge in [-0.25, -0.2) is 9.97 Å². The van der Waals surface area contributed by atoms with Crippen molar-refractivity contribution in [2.24, 2.45) is 0 Å². The number of aromatic nitrogens is 2. The Morgan fingerprint density at radius 1 is 1.14 bits per heavy atom. The van der Waals surface area contributed by atoms with Crippen LogP contribution in [0.5, 0.6) is 11.6 Å². The minimum absolute atomic E-state index is 0.462. The topological polar surface area (TPSA) is 61.0 Å². The molecule has 0 atom stereocenters. The molecule has 2 N–H and O–H groups in total. The Kier molecular flexibility index (Phi) is 3.51. The van der Waals surface area contributed by atoms with E-state index in [1.807, 2.05) is 42.5 Å². The maximum Gasteiger partial charge on any atom is 0.238 e. The van der Waals surface area contributed by atoms with Crippen LogP contribution in [-0.4, -0.2) is 9.97 Å². The number of ether oxygens (including phenoxy) is 1. The number of nitrogens with zero attached hydrogens (tertiary/aromatic N) is 2. The molecule has 0 aliphatic carbocycles. The first-order chi connectivity index (χ1) is 10.3. The van der Waals surface area contributed by atoms with E-state index in [2.05, 4.69) is 16.5 Å². The molecule has 3 rings (SSSR count). The molecule has 4 heteroatoms. The number of nitrogens with two attached hydrogens (primary N) is 1. The van der Waals surface area contributed by atoms with Gasteiger partial charge < -0.3 is 10.5 Å². The summed E-state index contributed by atoms with van der Waals surface area (Å²) in [5.41, 5.74) is 9.12. The summed E-state index contributed by atoms with van der Waals surface area (Å²) in [5.74, 6) is 1.18. The van der Waals surface area contributed by atoms with E-state index in [1.165, 1.54) is 0 Å². The Morgan fingerprint density at radius 3 is 2.76 bits per heavy atom. The first kappa shape index (κ1) is 13.1. The maximum atomic E-state index is 5.85. The minimum atomic E-state index is 0.462. The quantitative estimate of drug-likeness (QED) is 0.583. The van der Waals surface area contributed by atoms with E-state index in [1.54, 1.807) is 12.3 Å².